The molecule has 44 heavy (non-hydrogen) atoms. The number of rotatable bonds is 7. The molecule has 3 saturated heterocycles. The van der Waals surface area contributed by atoms with Crippen LogP contribution in [0, 0.1) is 12.5 Å². The molecule has 0 N–H and O–H groups in total. The van der Waals surface area contributed by atoms with Crippen molar-refractivity contribution in [1.82, 2.24) is 19.8 Å². The molecule has 1 saturated carbocycles. The Morgan fingerprint density at radius 2 is 1.98 bits per heavy atom. The maximum atomic E-state index is 13.8. The van der Waals surface area contributed by atoms with E-state index in [1.54, 1.807) is 0 Å². The zero-order valence-electron chi connectivity index (χ0n) is 25.0. The van der Waals surface area contributed by atoms with E-state index in [-0.39, 0.29) is 18.6 Å². The molecule has 2 unspecified atom stereocenters. The summed E-state index contributed by atoms with van der Waals surface area (Å²) in [5.41, 5.74) is 6.29. The summed E-state index contributed by atoms with van der Waals surface area (Å²) >= 11 is 0. The maximum absolute atomic E-state index is 13.8. The molecule has 1 aromatic heterocycles. The van der Waals surface area contributed by atoms with Crippen molar-refractivity contribution in [2.24, 2.45) is 5.92 Å². The molecular weight excluding hydrogens is 555 g/mol. The van der Waals surface area contributed by atoms with Crippen molar-refractivity contribution in [3.8, 4) is 17.1 Å². The van der Waals surface area contributed by atoms with E-state index >= 15 is 0 Å². The Morgan fingerprint density at radius 3 is 2.77 bits per heavy atom. The molecule has 4 fully saturated rings. The van der Waals surface area contributed by atoms with Gasteiger partial charge in [0.2, 0.25) is 6.54 Å². The zero-order chi connectivity index (χ0) is 30.0. The quantitative estimate of drug-likeness (QED) is 0.271. The fourth-order valence-corrected chi connectivity index (χ4v) is 8.55. The number of carbonyl (C=O) groups is 1. The predicted molar refractivity (Wildman–Crippen MR) is 167 cm³/mol. The smallest absolute Gasteiger partial charge is 0.319 e. The van der Waals surface area contributed by atoms with Gasteiger partial charge in [0.25, 0.3) is 5.91 Å². The molecule has 9 heteroatoms. The molecule has 3 aromatic rings. The average Bonchev–Trinajstić information content (AvgIpc) is 3.32. The number of ether oxygens (including phenoxy) is 1. The third-order valence-corrected chi connectivity index (χ3v) is 10.8. The van der Waals surface area contributed by atoms with Crippen LogP contribution in [0.15, 0.2) is 48.8 Å². The number of halogens is 1. The summed E-state index contributed by atoms with van der Waals surface area (Å²) in [5, 5.41) is 0.899. The lowest BCUT2D eigenvalue weighted by molar-refractivity contribution is -0.131. The van der Waals surface area contributed by atoms with Crippen molar-refractivity contribution in [3.05, 3.63) is 71.3 Å². The van der Waals surface area contributed by atoms with Gasteiger partial charge in [-0.1, -0.05) is 30.8 Å². The van der Waals surface area contributed by atoms with E-state index in [1.165, 1.54) is 47.3 Å². The molecule has 2 aromatic carbocycles. The van der Waals surface area contributed by atoms with Gasteiger partial charge in [-0.25, -0.2) is 11.0 Å². The minimum Gasteiger partial charge on any atom is -0.461 e. The fourth-order valence-electron chi connectivity index (χ4n) is 8.55. The highest BCUT2D eigenvalue weighted by Crippen LogP contribution is 2.58. The van der Waals surface area contributed by atoms with Crippen molar-refractivity contribution in [2.75, 3.05) is 50.8 Å². The number of hydrogen-bond donors (Lipinski definition) is 0. The fraction of sp³-hybridized carbons (Fsp3) is 0.486. The van der Waals surface area contributed by atoms with Gasteiger partial charge in [0.05, 0.1) is 11.1 Å². The molecule has 3 atom stereocenters. The van der Waals surface area contributed by atoms with Gasteiger partial charge in [0.15, 0.2) is 5.83 Å². The predicted octanol–water partition coefficient (Wildman–Crippen LogP) is 5.38. The van der Waals surface area contributed by atoms with Crippen LogP contribution in [0.5, 0.6) is 6.01 Å². The van der Waals surface area contributed by atoms with Crippen molar-refractivity contribution < 1.29 is 13.9 Å². The van der Waals surface area contributed by atoms with E-state index in [9.17, 15) is 9.18 Å². The molecule has 0 spiro atoms. The van der Waals surface area contributed by atoms with Crippen LogP contribution in [0.4, 0.5) is 10.2 Å². The Bertz CT molecular complexity index is 1710. The van der Waals surface area contributed by atoms with Crippen LogP contribution in [-0.4, -0.2) is 83.1 Å². The largest absolute Gasteiger partial charge is 0.461 e. The summed E-state index contributed by atoms with van der Waals surface area (Å²) in [6.07, 6.45) is 7.12. The van der Waals surface area contributed by atoms with Gasteiger partial charge < -0.3 is 19.4 Å². The highest BCUT2D eigenvalue weighted by Gasteiger charge is 2.47. The minimum absolute atomic E-state index is 0.0627. The number of anilines is 1. The molecule has 4 heterocycles. The van der Waals surface area contributed by atoms with Crippen molar-refractivity contribution in [3.63, 3.8) is 0 Å². The Kier molecular flexibility index (Phi) is 6.60. The van der Waals surface area contributed by atoms with Gasteiger partial charge in [-0.2, -0.15) is 9.97 Å². The van der Waals surface area contributed by atoms with Crippen LogP contribution in [0.25, 0.3) is 26.9 Å². The normalized spacial score (nSPS) is 25.0. The third-order valence-electron chi connectivity index (χ3n) is 10.8. The summed E-state index contributed by atoms with van der Waals surface area (Å²) < 4.78 is 20.3. The molecule has 8 rings (SSSR count). The van der Waals surface area contributed by atoms with Crippen LogP contribution in [-0.2, 0) is 11.2 Å². The highest BCUT2D eigenvalue weighted by molar-refractivity contribution is 5.94. The maximum Gasteiger partial charge on any atom is 0.319 e. The number of carbonyl (C=O) groups excluding carboxylic acids is 1. The van der Waals surface area contributed by atoms with Crippen LogP contribution in [0.3, 0.4) is 0 Å². The monoisotopic (exact) mass is 592 g/mol. The number of nitrogens with zero attached hydrogens (tertiary/aromatic N) is 6. The second kappa shape index (κ2) is 10.6. The molecule has 3 aliphatic heterocycles. The summed E-state index contributed by atoms with van der Waals surface area (Å²) in [6, 6.07) is 13.0. The SMILES string of the molecule is [C-]#[N+]C[C@H]1CN(c2nc(OCC34CCCN3CCC4)nc3cc(-c4cccc5c4C4CC4C5)ccc23)CCN1C(=O)C(=C)F. The number of hydrogen-bond acceptors (Lipinski definition) is 6. The van der Waals surface area contributed by atoms with Crippen LogP contribution in [0.2, 0.25) is 0 Å². The van der Waals surface area contributed by atoms with Gasteiger partial charge in [0.1, 0.15) is 18.5 Å². The molecule has 8 nitrogen and oxygen atoms in total. The molecular formula is C35H37FN6O2. The first-order valence-corrected chi connectivity index (χ1v) is 16.0. The second-order valence-electron chi connectivity index (χ2n) is 13.3. The Hall–Kier alpha value is -4.03. The van der Waals surface area contributed by atoms with E-state index in [0.717, 1.165) is 54.1 Å². The molecule has 226 valence electrons. The summed E-state index contributed by atoms with van der Waals surface area (Å²) in [6.45, 7) is 14.7. The first-order valence-electron chi connectivity index (χ1n) is 16.0. The Morgan fingerprint density at radius 1 is 1.14 bits per heavy atom. The Labute approximate surface area is 257 Å². The number of aromatic nitrogens is 2. The van der Waals surface area contributed by atoms with Gasteiger partial charge in [-0.3, -0.25) is 9.69 Å². The molecule has 0 bridgehead atoms. The molecule has 0 radical (unpaired) electrons. The van der Waals surface area contributed by atoms with Gasteiger partial charge in [-0.05, 0) is 97.8 Å². The topological polar surface area (TPSA) is 66.2 Å². The summed E-state index contributed by atoms with van der Waals surface area (Å²) in [7, 11) is 0. The van der Waals surface area contributed by atoms with Crippen molar-refractivity contribution in [2.45, 2.75) is 56.0 Å². The number of piperazine rings is 1. The van der Waals surface area contributed by atoms with E-state index < -0.39 is 17.8 Å². The molecule has 2 aliphatic carbocycles. The first kappa shape index (κ1) is 27.5. The van der Waals surface area contributed by atoms with Crippen LogP contribution < -0.4 is 9.64 Å². The molecule has 5 aliphatic rings. The number of fused-ring (bicyclic) bond motifs is 5. The van der Waals surface area contributed by atoms with Crippen LogP contribution in [0.1, 0.15) is 49.1 Å². The molecule has 1 amide bonds. The highest BCUT2D eigenvalue weighted by atomic mass is 19.1. The first-order chi connectivity index (χ1) is 21.4. The Balaban J connectivity index is 1.17. The van der Waals surface area contributed by atoms with E-state index in [2.05, 4.69) is 57.6 Å². The van der Waals surface area contributed by atoms with Gasteiger partial charge >= 0.3 is 6.01 Å². The second-order valence-corrected chi connectivity index (χ2v) is 13.3. The van der Waals surface area contributed by atoms with E-state index in [1.807, 2.05) is 0 Å². The summed E-state index contributed by atoms with van der Waals surface area (Å²) in [5.74, 6) is 0.459. The van der Waals surface area contributed by atoms with Gasteiger partial charge in [0, 0.05) is 25.0 Å². The standard InChI is InChI=1S/C35H37FN6O2/c1-22(36)33(43)42-15-14-40(20-26(42)19-37-2)32-28-9-8-23(27-7-3-6-24-16-25-17-29(25)31(24)27)18-30(28)38-34(39-32)44-21-35-10-4-12-41(35)13-5-11-35/h3,6-9,18,25-26,29H,1,4-5,10-17,19-21H2/t25?,26-,29?/m0/s1. The minimum atomic E-state index is -0.999. The van der Waals surface area contributed by atoms with Crippen molar-refractivity contribution in [1.29, 1.82) is 0 Å². The van der Waals surface area contributed by atoms with Gasteiger partial charge in [-0.15, -0.1) is 0 Å². The lowest BCUT2D eigenvalue weighted by Crippen LogP contribution is -2.56. The number of benzene rings is 2. The zero-order valence-corrected chi connectivity index (χ0v) is 25.0. The number of amides is 1. The van der Waals surface area contributed by atoms with E-state index in [0.29, 0.717) is 31.6 Å². The van der Waals surface area contributed by atoms with Crippen molar-refractivity contribution >= 4 is 22.6 Å². The van der Waals surface area contributed by atoms with Crippen LogP contribution >= 0.6 is 0 Å². The lowest BCUT2D eigenvalue weighted by Gasteiger charge is -2.39. The lowest BCUT2D eigenvalue weighted by atomic mass is 9.94. The average molecular weight is 593 g/mol. The van der Waals surface area contributed by atoms with E-state index in [4.69, 9.17) is 21.3 Å². The summed E-state index contributed by atoms with van der Waals surface area (Å²) in [4.78, 5) is 32.2. The third kappa shape index (κ3) is 4.54.